The monoisotopic (exact) mass is 476 g/mol. The molecule has 1 aromatic heterocycles. The fraction of sp³-hybridized carbons (Fsp3) is 0.160. The van der Waals surface area contributed by atoms with Crippen LogP contribution in [-0.4, -0.2) is 39.6 Å². The quantitative estimate of drug-likeness (QED) is 0.392. The number of anilines is 1. The molecule has 0 atom stereocenters. The number of halogens is 1. The van der Waals surface area contributed by atoms with E-state index < -0.39 is 0 Å². The van der Waals surface area contributed by atoms with Gasteiger partial charge in [0.2, 0.25) is 5.91 Å². The van der Waals surface area contributed by atoms with Crippen LogP contribution in [0.1, 0.15) is 5.56 Å². The SMILES string of the molecule is O=C(CSc1nnc(-c2ccccc2F)n1Cc1ccccc1)Nc1ccc2c(c1)OCCO2. The molecule has 0 saturated carbocycles. The predicted octanol–water partition coefficient (Wildman–Crippen LogP) is 4.63. The number of nitrogens with zero attached hydrogens (tertiary/aromatic N) is 3. The zero-order valence-electron chi connectivity index (χ0n) is 18.1. The van der Waals surface area contributed by atoms with Crippen molar-refractivity contribution in [2.45, 2.75) is 11.7 Å². The van der Waals surface area contributed by atoms with Crippen LogP contribution < -0.4 is 14.8 Å². The van der Waals surface area contributed by atoms with E-state index in [0.29, 0.717) is 53.5 Å². The molecular formula is C25H21FN4O3S. The zero-order chi connectivity index (χ0) is 23.3. The Bertz CT molecular complexity index is 1310. The Morgan fingerprint density at radius 2 is 1.74 bits per heavy atom. The lowest BCUT2D eigenvalue weighted by molar-refractivity contribution is -0.113. The number of benzene rings is 3. The maximum Gasteiger partial charge on any atom is 0.234 e. The highest BCUT2D eigenvalue weighted by molar-refractivity contribution is 7.99. The Morgan fingerprint density at radius 3 is 2.56 bits per heavy atom. The van der Waals surface area contributed by atoms with E-state index in [-0.39, 0.29) is 17.5 Å². The largest absolute Gasteiger partial charge is 0.486 e. The molecule has 0 fully saturated rings. The number of hydrogen-bond donors (Lipinski definition) is 1. The van der Waals surface area contributed by atoms with Crippen LogP contribution in [0.5, 0.6) is 11.5 Å². The molecule has 7 nitrogen and oxygen atoms in total. The van der Waals surface area contributed by atoms with Crippen LogP contribution in [0.4, 0.5) is 10.1 Å². The van der Waals surface area contributed by atoms with E-state index >= 15 is 0 Å². The molecule has 1 aliphatic heterocycles. The first kappa shape index (κ1) is 22.0. The summed E-state index contributed by atoms with van der Waals surface area (Å²) < 4.78 is 27.4. The Hall–Kier alpha value is -3.85. The standard InChI is InChI=1S/C25H21FN4O3S/c26-20-9-5-4-8-19(20)24-28-29-25(30(24)15-17-6-2-1-3-7-17)34-16-23(31)27-18-10-11-21-22(14-18)33-13-12-32-21/h1-11,14H,12-13,15-16H2,(H,27,31). The molecule has 34 heavy (non-hydrogen) atoms. The highest BCUT2D eigenvalue weighted by Crippen LogP contribution is 2.33. The van der Waals surface area contributed by atoms with Gasteiger partial charge in [0, 0.05) is 11.8 Å². The van der Waals surface area contributed by atoms with E-state index in [9.17, 15) is 9.18 Å². The summed E-state index contributed by atoms with van der Waals surface area (Å²) in [4.78, 5) is 12.6. The van der Waals surface area contributed by atoms with Gasteiger partial charge in [-0.25, -0.2) is 4.39 Å². The number of nitrogens with one attached hydrogen (secondary N) is 1. The van der Waals surface area contributed by atoms with Gasteiger partial charge in [-0.1, -0.05) is 54.2 Å². The second-order valence-electron chi connectivity index (χ2n) is 7.55. The molecule has 0 radical (unpaired) electrons. The Morgan fingerprint density at radius 1 is 0.971 bits per heavy atom. The number of hydrogen-bond acceptors (Lipinski definition) is 6. The lowest BCUT2D eigenvalue weighted by Gasteiger charge is -2.19. The molecule has 9 heteroatoms. The zero-order valence-corrected chi connectivity index (χ0v) is 18.9. The topological polar surface area (TPSA) is 78.3 Å². The minimum absolute atomic E-state index is 0.110. The lowest BCUT2D eigenvalue weighted by Crippen LogP contribution is -2.17. The van der Waals surface area contributed by atoms with Crippen LogP contribution in [-0.2, 0) is 11.3 Å². The van der Waals surface area contributed by atoms with E-state index in [2.05, 4.69) is 15.5 Å². The third-order valence-electron chi connectivity index (χ3n) is 5.17. The Labute approximate surface area is 199 Å². The summed E-state index contributed by atoms with van der Waals surface area (Å²) >= 11 is 1.24. The van der Waals surface area contributed by atoms with Crippen molar-refractivity contribution in [2.75, 3.05) is 24.3 Å². The number of ether oxygens (including phenoxy) is 2. The highest BCUT2D eigenvalue weighted by Gasteiger charge is 2.19. The minimum Gasteiger partial charge on any atom is -0.486 e. The summed E-state index contributed by atoms with van der Waals surface area (Å²) in [5.41, 5.74) is 1.99. The molecule has 3 aromatic carbocycles. The number of carbonyl (C=O) groups excluding carboxylic acids is 1. The molecular weight excluding hydrogens is 455 g/mol. The van der Waals surface area contributed by atoms with Crippen LogP contribution >= 0.6 is 11.8 Å². The van der Waals surface area contributed by atoms with E-state index in [0.717, 1.165) is 5.56 Å². The molecule has 0 bridgehead atoms. The lowest BCUT2D eigenvalue weighted by atomic mass is 10.2. The molecule has 1 N–H and O–H groups in total. The number of thioether (sulfide) groups is 1. The van der Waals surface area contributed by atoms with Crippen LogP contribution in [0.15, 0.2) is 78.0 Å². The van der Waals surface area contributed by atoms with Crippen molar-refractivity contribution in [3.05, 3.63) is 84.2 Å². The molecule has 5 rings (SSSR count). The third kappa shape index (κ3) is 4.89. The second-order valence-corrected chi connectivity index (χ2v) is 8.50. The summed E-state index contributed by atoms with van der Waals surface area (Å²) in [7, 11) is 0. The number of rotatable bonds is 7. The van der Waals surface area contributed by atoms with Gasteiger partial charge in [-0.15, -0.1) is 10.2 Å². The van der Waals surface area contributed by atoms with Gasteiger partial charge in [0.05, 0.1) is 17.9 Å². The predicted molar refractivity (Wildman–Crippen MR) is 128 cm³/mol. The molecule has 0 saturated heterocycles. The van der Waals surface area contributed by atoms with Crippen molar-refractivity contribution in [1.29, 1.82) is 0 Å². The summed E-state index contributed by atoms with van der Waals surface area (Å²) in [6.07, 6.45) is 0. The van der Waals surface area contributed by atoms with Crippen molar-refractivity contribution in [1.82, 2.24) is 14.8 Å². The average Bonchev–Trinajstić information content (AvgIpc) is 3.25. The van der Waals surface area contributed by atoms with Gasteiger partial charge in [0.15, 0.2) is 22.5 Å². The summed E-state index contributed by atoms with van der Waals surface area (Å²) in [6.45, 7) is 1.43. The van der Waals surface area contributed by atoms with Crippen molar-refractivity contribution in [3.63, 3.8) is 0 Å². The van der Waals surface area contributed by atoms with Crippen molar-refractivity contribution in [3.8, 4) is 22.9 Å². The van der Waals surface area contributed by atoms with Crippen molar-refractivity contribution in [2.24, 2.45) is 0 Å². The maximum absolute atomic E-state index is 14.5. The number of fused-ring (bicyclic) bond motifs is 1. The molecule has 0 aliphatic carbocycles. The highest BCUT2D eigenvalue weighted by atomic mass is 32.2. The molecule has 2 heterocycles. The van der Waals surface area contributed by atoms with Crippen molar-refractivity contribution >= 4 is 23.4 Å². The number of carbonyl (C=O) groups is 1. The van der Waals surface area contributed by atoms with Gasteiger partial charge in [-0.3, -0.25) is 9.36 Å². The van der Waals surface area contributed by atoms with Gasteiger partial charge >= 0.3 is 0 Å². The minimum atomic E-state index is -0.378. The third-order valence-corrected chi connectivity index (χ3v) is 6.14. The van der Waals surface area contributed by atoms with Gasteiger partial charge < -0.3 is 14.8 Å². The van der Waals surface area contributed by atoms with Crippen LogP contribution in [0.25, 0.3) is 11.4 Å². The normalized spacial score (nSPS) is 12.4. The van der Waals surface area contributed by atoms with Crippen molar-refractivity contribution < 1.29 is 18.7 Å². The molecule has 0 unspecified atom stereocenters. The fourth-order valence-corrected chi connectivity index (χ4v) is 4.33. The van der Waals surface area contributed by atoms with Crippen LogP contribution in [0.2, 0.25) is 0 Å². The van der Waals surface area contributed by atoms with Gasteiger partial charge in [0.1, 0.15) is 19.0 Å². The first-order chi connectivity index (χ1) is 16.7. The van der Waals surface area contributed by atoms with E-state index in [1.807, 2.05) is 34.9 Å². The van der Waals surface area contributed by atoms with Gasteiger partial charge in [-0.2, -0.15) is 0 Å². The molecule has 1 amide bonds. The smallest absolute Gasteiger partial charge is 0.234 e. The maximum atomic E-state index is 14.5. The summed E-state index contributed by atoms with van der Waals surface area (Å²) in [5.74, 6) is 1.21. The van der Waals surface area contributed by atoms with E-state index in [1.54, 1.807) is 36.4 Å². The van der Waals surface area contributed by atoms with Gasteiger partial charge in [0.25, 0.3) is 0 Å². The van der Waals surface area contributed by atoms with E-state index in [1.165, 1.54) is 17.8 Å². The van der Waals surface area contributed by atoms with Crippen LogP contribution in [0.3, 0.4) is 0 Å². The number of aromatic nitrogens is 3. The Kier molecular flexibility index (Phi) is 6.44. The fourth-order valence-electron chi connectivity index (χ4n) is 3.59. The first-order valence-corrected chi connectivity index (χ1v) is 11.7. The molecule has 4 aromatic rings. The first-order valence-electron chi connectivity index (χ1n) is 10.7. The molecule has 172 valence electrons. The Balaban J connectivity index is 1.34. The van der Waals surface area contributed by atoms with E-state index in [4.69, 9.17) is 9.47 Å². The molecule has 0 spiro atoms. The van der Waals surface area contributed by atoms with Gasteiger partial charge in [-0.05, 0) is 29.8 Å². The number of amides is 1. The molecule has 1 aliphatic rings. The summed E-state index contributed by atoms with van der Waals surface area (Å²) in [6, 6.07) is 21.5. The summed E-state index contributed by atoms with van der Waals surface area (Å²) in [5, 5.41) is 11.9. The van der Waals surface area contributed by atoms with Crippen LogP contribution in [0, 0.1) is 5.82 Å². The second kappa shape index (κ2) is 9.96. The average molecular weight is 477 g/mol.